The fourth-order valence-corrected chi connectivity index (χ4v) is 2.73. The number of aryl methyl sites for hydroxylation is 2. The van der Waals surface area contributed by atoms with Crippen molar-refractivity contribution in [2.75, 3.05) is 6.54 Å². The lowest BCUT2D eigenvalue weighted by molar-refractivity contribution is -0.118. The van der Waals surface area contributed by atoms with E-state index < -0.39 is 0 Å². The molecule has 5 nitrogen and oxygen atoms in total. The molecule has 1 heterocycles. The Kier molecular flexibility index (Phi) is 3.47. The van der Waals surface area contributed by atoms with E-state index in [0.29, 0.717) is 25.4 Å². The number of hydrogen-bond acceptors (Lipinski definition) is 3. The van der Waals surface area contributed by atoms with Crippen molar-refractivity contribution in [1.29, 1.82) is 0 Å². The van der Waals surface area contributed by atoms with Gasteiger partial charge in [-0.25, -0.2) is 0 Å². The largest absolute Gasteiger partial charge is 0.370 e. The molecular weight excluding hydrogens is 216 g/mol. The molecule has 1 aromatic heterocycles. The minimum Gasteiger partial charge on any atom is -0.370 e. The van der Waals surface area contributed by atoms with Crippen LogP contribution >= 0.6 is 0 Å². The summed E-state index contributed by atoms with van der Waals surface area (Å²) < 4.78 is 1.94. The van der Waals surface area contributed by atoms with Crippen LogP contribution < -0.4 is 11.5 Å². The summed E-state index contributed by atoms with van der Waals surface area (Å²) in [6.45, 7) is 3.28. The van der Waals surface area contributed by atoms with Crippen LogP contribution in [0.25, 0.3) is 0 Å². The number of hydrogen-bond donors (Lipinski definition) is 2. The fraction of sp³-hybridized carbons (Fsp3) is 0.667. The van der Waals surface area contributed by atoms with Crippen LogP contribution in [0.2, 0.25) is 0 Å². The van der Waals surface area contributed by atoms with Gasteiger partial charge in [-0.3, -0.25) is 9.48 Å². The second-order valence-electron chi connectivity index (χ2n) is 4.71. The SMILES string of the molecule is Cc1nn(CCC(N)=O)c2c1C(CN)CCC2. The Morgan fingerprint density at radius 2 is 2.35 bits per heavy atom. The summed E-state index contributed by atoms with van der Waals surface area (Å²) in [5.41, 5.74) is 14.6. The van der Waals surface area contributed by atoms with E-state index in [-0.39, 0.29) is 5.91 Å². The van der Waals surface area contributed by atoms with E-state index in [1.54, 1.807) is 0 Å². The molecule has 0 aliphatic heterocycles. The van der Waals surface area contributed by atoms with Crippen LogP contribution in [-0.4, -0.2) is 22.2 Å². The van der Waals surface area contributed by atoms with Gasteiger partial charge in [0.05, 0.1) is 5.69 Å². The van der Waals surface area contributed by atoms with Crippen LogP contribution in [-0.2, 0) is 17.8 Å². The summed E-state index contributed by atoms with van der Waals surface area (Å²) in [6.07, 6.45) is 3.68. The molecule has 17 heavy (non-hydrogen) atoms. The topological polar surface area (TPSA) is 86.9 Å². The molecule has 0 bridgehead atoms. The van der Waals surface area contributed by atoms with Gasteiger partial charge in [-0.05, 0) is 38.6 Å². The van der Waals surface area contributed by atoms with E-state index in [4.69, 9.17) is 11.5 Å². The molecular formula is C12H20N4O. The van der Waals surface area contributed by atoms with E-state index in [9.17, 15) is 4.79 Å². The Morgan fingerprint density at radius 3 is 3.00 bits per heavy atom. The molecule has 1 unspecified atom stereocenters. The zero-order valence-corrected chi connectivity index (χ0v) is 10.3. The van der Waals surface area contributed by atoms with Gasteiger partial charge in [-0.15, -0.1) is 0 Å². The van der Waals surface area contributed by atoms with Gasteiger partial charge < -0.3 is 11.5 Å². The number of carbonyl (C=O) groups is 1. The van der Waals surface area contributed by atoms with Crippen molar-refractivity contribution in [3.63, 3.8) is 0 Å². The summed E-state index contributed by atoms with van der Waals surface area (Å²) in [5, 5.41) is 4.52. The predicted octanol–water partition coefficient (Wildman–Crippen LogP) is 0.446. The monoisotopic (exact) mass is 236 g/mol. The Hall–Kier alpha value is -1.36. The first-order valence-corrected chi connectivity index (χ1v) is 6.18. The third-order valence-corrected chi connectivity index (χ3v) is 3.51. The average molecular weight is 236 g/mol. The predicted molar refractivity (Wildman–Crippen MR) is 65.5 cm³/mol. The van der Waals surface area contributed by atoms with E-state index in [1.807, 2.05) is 11.6 Å². The van der Waals surface area contributed by atoms with Crippen LogP contribution in [0.4, 0.5) is 0 Å². The summed E-state index contributed by atoms with van der Waals surface area (Å²) in [6, 6.07) is 0. The molecule has 1 atom stereocenters. The highest BCUT2D eigenvalue weighted by Gasteiger charge is 2.25. The van der Waals surface area contributed by atoms with Crippen molar-refractivity contribution in [1.82, 2.24) is 9.78 Å². The normalized spacial score (nSPS) is 19.1. The molecule has 0 radical (unpaired) electrons. The number of rotatable bonds is 4. The molecule has 1 aromatic rings. The maximum atomic E-state index is 10.8. The van der Waals surface area contributed by atoms with Gasteiger partial charge in [0.25, 0.3) is 0 Å². The van der Waals surface area contributed by atoms with Crippen LogP contribution in [0.3, 0.4) is 0 Å². The maximum Gasteiger partial charge on any atom is 0.219 e. The van der Waals surface area contributed by atoms with Crippen LogP contribution in [0.15, 0.2) is 0 Å². The molecule has 0 saturated heterocycles. The zero-order chi connectivity index (χ0) is 12.4. The first-order valence-electron chi connectivity index (χ1n) is 6.18. The van der Waals surface area contributed by atoms with Gasteiger partial charge >= 0.3 is 0 Å². The summed E-state index contributed by atoms with van der Waals surface area (Å²) >= 11 is 0. The number of nitrogens with two attached hydrogens (primary N) is 2. The molecule has 0 fully saturated rings. The standard InChI is InChI=1S/C12H20N4O/c1-8-12-9(7-13)3-2-4-10(12)16(15-8)6-5-11(14)17/h9H,2-7,13H2,1H3,(H2,14,17). The van der Waals surface area contributed by atoms with Crippen LogP contribution in [0.1, 0.15) is 42.1 Å². The number of carbonyl (C=O) groups excluding carboxylic acids is 1. The van der Waals surface area contributed by atoms with Crippen molar-refractivity contribution in [3.05, 3.63) is 17.0 Å². The molecule has 1 amide bonds. The summed E-state index contributed by atoms with van der Waals surface area (Å²) in [7, 11) is 0. The molecule has 5 heteroatoms. The zero-order valence-electron chi connectivity index (χ0n) is 10.3. The Bertz CT molecular complexity index is 424. The molecule has 1 aliphatic rings. The lowest BCUT2D eigenvalue weighted by Crippen LogP contribution is -2.20. The van der Waals surface area contributed by atoms with Crippen molar-refractivity contribution >= 4 is 5.91 Å². The molecule has 94 valence electrons. The van der Waals surface area contributed by atoms with E-state index >= 15 is 0 Å². The molecule has 4 N–H and O–H groups in total. The van der Waals surface area contributed by atoms with Gasteiger partial charge in [-0.1, -0.05) is 0 Å². The van der Waals surface area contributed by atoms with E-state index in [1.165, 1.54) is 11.3 Å². The second-order valence-corrected chi connectivity index (χ2v) is 4.71. The molecule has 0 saturated carbocycles. The number of amides is 1. The van der Waals surface area contributed by atoms with Crippen LogP contribution in [0.5, 0.6) is 0 Å². The lowest BCUT2D eigenvalue weighted by atomic mass is 9.85. The quantitative estimate of drug-likeness (QED) is 0.795. The summed E-state index contributed by atoms with van der Waals surface area (Å²) in [4.78, 5) is 10.8. The number of primary amides is 1. The molecule has 2 rings (SSSR count). The van der Waals surface area contributed by atoms with Gasteiger partial charge in [0.2, 0.25) is 5.91 Å². The first-order chi connectivity index (χ1) is 8.13. The highest BCUT2D eigenvalue weighted by atomic mass is 16.1. The minimum absolute atomic E-state index is 0.280. The van der Waals surface area contributed by atoms with Crippen molar-refractivity contribution < 1.29 is 4.79 Å². The molecule has 0 aromatic carbocycles. The van der Waals surface area contributed by atoms with Crippen molar-refractivity contribution in [3.8, 4) is 0 Å². The molecule has 1 aliphatic carbocycles. The van der Waals surface area contributed by atoms with Gasteiger partial charge in [0.1, 0.15) is 0 Å². The smallest absolute Gasteiger partial charge is 0.219 e. The maximum absolute atomic E-state index is 10.8. The number of nitrogens with zero attached hydrogens (tertiary/aromatic N) is 2. The number of aromatic nitrogens is 2. The van der Waals surface area contributed by atoms with Gasteiger partial charge in [0, 0.05) is 24.2 Å². The molecule has 0 spiro atoms. The van der Waals surface area contributed by atoms with Gasteiger partial charge in [-0.2, -0.15) is 5.10 Å². The minimum atomic E-state index is -0.280. The number of fused-ring (bicyclic) bond motifs is 1. The van der Waals surface area contributed by atoms with Gasteiger partial charge in [0.15, 0.2) is 0 Å². The van der Waals surface area contributed by atoms with Crippen molar-refractivity contribution in [2.24, 2.45) is 11.5 Å². The highest BCUT2D eigenvalue weighted by Crippen LogP contribution is 2.33. The second kappa shape index (κ2) is 4.87. The van der Waals surface area contributed by atoms with Crippen molar-refractivity contribution in [2.45, 2.75) is 45.1 Å². The Balaban J connectivity index is 2.27. The summed E-state index contributed by atoms with van der Waals surface area (Å²) in [5.74, 6) is 0.152. The third kappa shape index (κ3) is 2.34. The highest BCUT2D eigenvalue weighted by molar-refractivity contribution is 5.73. The fourth-order valence-electron chi connectivity index (χ4n) is 2.73. The van der Waals surface area contributed by atoms with E-state index in [2.05, 4.69) is 5.10 Å². The Labute approximate surface area is 101 Å². The average Bonchev–Trinajstić information content (AvgIpc) is 2.64. The first kappa shape index (κ1) is 12.1. The van der Waals surface area contributed by atoms with Crippen LogP contribution in [0, 0.1) is 6.92 Å². The lowest BCUT2D eigenvalue weighted by Gasteiger charge is -2.22. The Morgan fingerprint density at radius 1 is 1.59 bits per heavy atom. The van der Waals surface area contributed by atoms with E-state index in [0.717, 1.165) is 25.0 Å². The third-order valence-electron chi connectivity index (χ3n) is 3.51.